The summed E-state index contributed by atoms with van der Waals surface area (Å²) in [5.41, 5.74) is 0.340. The van der Waals surface area contributed by atoms with E-state index in [4.69, 9.17) is 12.2 Å². The van der Waals surface area contributed by atoms with Gasteiger partial charge in [-0.25, -0.2) is 0 Å². The normalized spacial score (nSPS) is 12.5. The molecule has 114 valence electrons. The molecule has 1 aromatic heterocycles. The third-order valence-corrected chi connectivity index (χ3v) is 2.96. The molecule has 8 heteroatoms. The molecular formula is C13H14F3N3OS. The number of aromatic nitrogens is 3. The van der Waals surface area contributed by atoms with E-state index in [1.54, 1.807) is 0 Å². The van der Waals surface area contributed by atoms with E-state index in [0.717, 1.165) is 0 Å². The first-order valence-electron chi connectivity index (χ1n) is 6.12. The second kappa shape index (κ2) is 5.18. The molecule has 0 spiro atoms. The summed E-state index contributed by atoms with van der Waals surface area (Å²) >= 11 is 5.19. The average molecular weight is 317 g/mol. The lowest BCUT2D eigenvalue weighted by Crippen LogP contribution is -2.23. The highest BCUT2D eigenvalue weighted by molar-refractivity contribution is 7.71. The molecule has 1 N–H and O–H groups in total. The van der Waals surface area contributed by atoms with Gasteiger partial charge in [-0.1, -0.05) is 0 Å². The molecule has 1 aromatic carbocycles. The Kier molecular flexibility index (Phi) is 3.83. The molecule has 0 fully saturated rings. The van der Waals surface area contributed by atoms with Gasteiger partial charge in [0.2, 0.25) is 0 Å². The first-order valence-corrected chi connectivity index (χ1v) is 6.53. The van der Waals surface area contributed by atoms with Crippen LogP contribution in [0.15, 0.2) is 24.3 Å². The van der Waals surface area contributed by atoms with Crippen LogP contribution in [0.1, 0.15) is 20.8 Å². The van der Waals surface area contributed by atoms with Crippen LogP contribution in [0.3, 0.4) is 0 Å². The van der Waals surface area contributed by atoms with Crippen LogP contribution >= 0.6 is 12.2 Å². The van der Waals surface area contributed by atoms with E-state index in [1.165, 1.54) is 24.3 Å². The molecule has 0 saturated carbocycles. The lowest BCUT2D eigenvalue weighted by Gasteiger charge is -2.22. The molecule has 1 heterocycles. The fourth-order valence-electron chi connectivity index (χ4n) is 1.92. The van der Waals surface area contributed by atoms with Crippen molar-refractivity contribution in [3.8, 4) is 17.1 Å². The summed E-state index contributed by atoms with van der Waals surface area (Å²) < 4.78 is 42.5. The summed E-state index contributed by atoms with van der Waals surface area (Å²) in [6, 6.07) is 5.50. The zero-order valence-electron chi connectivity index (χ0n) is 11.7. The summed E-state index contributed by atoms with van der Waals surface area (Å²) in [6.45, 7) is 5.88. The van der Waals surface area contributed by atoms with E-state index in [1.807, 2.05) is 25.3 Å². The number of alkyl halides is 3. The number of halogens is 3. The lowest BCUT2D eigenvalue weighted by atomic mass is 10.1. The predicted octanol–water partition coefficient (Wildman–Crippen LogP) is 4.26. The van der Waals surface area contributed by atoms with Gasteiger partial charge >= 0.3 is 6.36 Å². The molecule has 0 aliphatic carbocycles. The molecule has 0 bridgehead atoms. The molecule has 4 nitrogen and oxygen atoms in total. The maximum atomic E-state index is 12.1. The van der Waals surface area contributed by atoms with Crippen molar-refractivity contribution in [2.45, 2.75) is 32.7 Å². The van der Waals surface area contributed by atoms with E-state index in [0.29, 0.717) is 16.2 Å². The highest BCUT2D eigenvalue weighted by atomic mass is 32.1. The number of hydrogen-bond donors (Lipinski definition) is 1. The van der Waals surface area contributed by atoms with Gasteiger partial charge in [-0.2, -0.15) is 5.10 Å². The molecule has 0 unspecified atom stereocenters. The Bertz CT molecular complexity index is 680. The van der Waals surface area contributed by atoms with Crippen LogP contribution in [0.2, 0.25) is 0 Å². The van der Waals surface area contributed by atoms with Gasteiger partial charge in [0, 0.05) is 11.1 Å². The Morgan fingerprint density at radius 3 is 2.19 bits per heavy atom. The zero-order valence-corrected chi connectivity index (χ0v) is 12.5. The number of rotatable bonds is 2. The Labute approximate surface area is 124 Å². The van der Waals surface area contributed by atoms with Gasteiger partial charge in [0.15, 0.2) is 10.6 Å². The predicted molar refractivity (Wildman–Crippen MR) is 74.5 cm³/mol. The second-order valence-electron chi connectivity index (χ2n) is 5.43. The maximum absolute atomic E-state index is 12.1. The van der Waals surface area contributed by atoms with Crippen molar-refractivity contribution in [3.63, 3.8) is 0 Å². The third-order valence-electron chi connectivity index (χ3n) is 2.69. The van der Waals surface area contributed by atoms with E-state index < -0.39 is 6.36 Å². The van der Waals surface area contributed by atoms with Gasteiger partial charge in [0.1, 0.15) is 5.75 Å². The highest BCUT2D eigenvalue weighted by Crippen LogP contribution is 2.28. The van der Waals surface area contributed by atoms with Crippen molar-refractivity contribution in [2.75, 3.05) is 0 Å². The van der Waals surface area contributed by atoms with Gasteiger partial charge in [0.25, 0.3) is 0 Å². The van der Waals surface area contributed by atoms with Gasteiger partial charge in [-0.15, -0.1) is 13.2 Å². The Balaban J connectivity index is 2.39. The van der Waals surface area contributed by atoms with Crippen LogP contribution in [0.25, 0.3) is 11.4 Å². The minimum Gasteiger partial charge on any atom is -0.406 e. The van der Waals surface area contributed by atoms with Crippen LogP contribution in [-0.4, -0.2) is 21.1 Å². The molecule has 2 rings (SSSR count). The van der Waals surface area contributed by atoms with Crippen LogP contribution in [0.4, 0.5) is 13.2 Å². The number of hydrogen-bond acceptors (Lipinski definition) is 3. The van der Waals surface area contributed by atoms with E-state index in [9.17, 15) is 13.2 Å². The summed E-state index contributed by atoms with van der Waals surface area (Å²) in [7, 11) is 0. The number of nitrogens with zero attached hydrogens (tertiary/aromatic N) is 2. The molecular weight excluding hydrogens is 303 g/mol. The highest BCUT2D eigenvalue weighted by Gasteiger charge is 2.31. The van der Waals surface area contributed by atoms with Crippen LogP contribution in [0.5, 0.6) is 5.75 Å². The fourth-order valence-corrected chi connectivity index (χ4v) is 2.32. The minimum atomic E-state index is -4.70. The van der Waals surface area contributed by atoms with Crippen molar-refractivity contribution in [1.29, 1.82) is 0 Å². The molecule has 21 heavy (non-hydrogen) atoms. The number of ether oxygens (including phenoxy) is 1. The largest absolute Gasteiger partial charge is 0.573 e. The Morgan fingerprint density at radius 1 is 1.14 bits per heavy atom. The van der Waals surface area contributed by atoms with E-state index in [-0.39, 0.29) is 11.3 Å². The van der Waals surface area contributed by atoms with Crippen molar-refractivity contribution < 1.29 is 17.9 Å². The minimum absolute atomic E-state index is 0.275. The van der Waals surface area contributed by atoms with Crippen LogP contribution in [-0.2, 0) is 5.54 Å². The van der Waals surface area contributed by atoms with Gasteiger partial charge in [-0.05, 0) is 57.3 Å². The summed E-state index contributed by atoms with van der Waals surface area (Å²) in [5, 5.41) is 6.84. The van der Waals surface area contributed by atoms with Crippen molar-refractivity contribution >= 4 is 12.2 Å². The quantitative estimate of drug-likeness (QED) is 0.842. The standard InChI is InChI=1S/C13H14F3N3OS/c1-12(2,3)19-10(17-18-11(19)21)8-4-6-9(7-5-8)20-13(14,15)16/h4-7H,1-3H3,(H,18,21). The Morgan fingerprint density at radius 2 is 1.71 bits per heavy atom. The van der Waals surface area contributed by atoms with Gasteiger partial charge in [0.05, 0.1) is 0 Å². The first kappa shape index (κ1) is 15.6. The zero-order chi connectivity index (χ0) is 15.8. The Hall–Kier alpha value is -1.83. The SMILES string of the molecule is CC(C)(C)n1c(-c2ccc(OC(F)(F)F)cc2)n[nH]c1=S. The van der Waals surface area contributed by atoms with Crippen LogP contribution in [0, 0.1) is 4.77 Å². The monoisotopic (exact) mass is 317 g/mol. The lowest BCUT2D eigenvalue weighted by molar-refractivity contribution is -0.274. The smallest absolute Gasteiger partial charge is 0.406 e. The van der Waals surface area contributed by atoms with Gasteiger partial charge < -0.3 is 4.74 Å². The second-order valence-corrected chi connectivity index (χ2v) is 5.82. The molecule has 0 radical (unpaired) electrons. The first-order chi connectivity index (χ1) is 9.58. The molecule has 2 aromatic rings. The molecule has 0 saturated heterocycles. The van der Waals surface area contributed by atoms with Crippen molar-refractivity contribution in [1.82, 2.24) is 14.8 Å². The van der Waals surface area contributed by atoms with Crippen LogP contribution < -0.4 is 4.74 Å². The van der Waals surface area contributed by atoms with Crippen molar-refractivity contribution in [2.24, 2.45) is 0 Å². The topological polar surface area (TPSA) is 42.8 Å². The summed E-state index contributed by atoms with van der Waals surface area (Å²) in [4.78, 5) is 0. The number of nitrogens with one attached hydrogen (secondary N) is 1. The number of aromatic amines is 1. The molecule has 0 aliphatic rings. The maximum Gasteiger partial charge on any atom is 0.573 e. The summed E-state index contributed by atoms with van der Waals surface area (Å²) in [5.74, 6) is 0.286. The van der Waals surface area contributed by atoms with E-state index >= 15 is 0 Å². The van der Waals surface area contributed by atoms with Crippen molar-refractivity contribution in [3.05, 3.63) is 29.0 Å². The number of H-pyrrole nitrogens is 1. The van der Waals surface area contributed by atoms with E-state index in [2.05, 4.69) is 14.9 Å². The molecule has 0 atom stereocenters. The third kappa shape index (κ3) is 3.63. The molecule has 0 aliphatic heterocycles. The number of benzene rings is 1. The fraction of sp³-hybridized carbons (Fsp3) is 0.385. The average Bonchev–Trinajstić information content (AvgIpc) is 2.69. The van der Waals surface area contributed by atoms with Gasteiger partial charge in [-0.3, -0.25) is 9.67 Å². The summed E-state index contributed by atoms with van der Waals surface area (Å²) in [6.07, 6.45) is -4.70. The molecule has 0 amide bonds.